The predicted octanol–water partition coefficient (Wildman–Crippen LogP) is 2.91. The van der Waals surface area contributed by atoms with Gasteiger partial charge in [0.05, 0.1) is 7.11 Å². The van der Waals surface area contributed by atoms with Crippen LogP contribution in [0.3, 0.4) is 0 Å². The number of rotatable bonds is 2. The lowest BCUT2D eigenvalue weighted by Crippen LogP contribution is -2.43. The Morgan fingerprint density at radius 1 is 1.08 bits per heavy atom. The molecule has 2 aromatic carbocycles. The molecule has 3 aromatic rings. The molecule has 1 aromatic heterocycles. The molecule has 0 bridgehead atoms. The molecule has 0 fully saturated rings. The highest BCUT2D eigenvalue weighted by molar-refractivity contribution is 6.12. The van der Waals surface area contributed by atoms with Gasteiger partial charge in [0.2, 0.25) is 0 Å². The number of carbonyl (C=O) groups is 2. The predicted molar refractivity (Wildman–Crippen MR) is 91.1 cm³/mol. The summed E-state index contributed by atoms with van der Waals surface area (Å²) in [5, 5.41) is 1.03. The van der Waals surface area contributed by atoms with Crippen molar-refractivity contribution in [1.82, 2.24) is 4.98 Å². The molecule has 1 amide bonds. The summed E-state index contributed by atoms with van der Waals surface area (Å²) >= 11 is 0. The number of nitrogens with zero attached hydrogens (tertiary/aromatic N) is 1. The summed E-state index contributed by atoms with van der Waals surface area (Å²) in [5.74, 6) is 0.0599. The zero-order valence-electron chi connectivity index (χ0n) is 13.2. The fourth-order valence-corrected chi connectivity index (χ4v) is 3.33. The van der Waals surface area contributed by atoms with E-state index in [2.05, 4.69) is 4.98 Å². The molecular formula is C19H16N2O3. The second-order valence-corrected chi connectivity index (χ2v) is 5.78. The molecule has 24 heavy (non-hydrogen) atoms. The molecule has 4 rings (SSSR count). The summed E-state index contributed by atoms with van der Waals surface area (Å²) < 4.78 is 4.92. The molecule has 1 aliphatic heterocycles. The third-order valence-corrected chi connectivity index (χ3v) is 4.45. The first-order valence-corrected chi connectivity index (χ1v) is 7.76. The minimum absolute atomic E-state index is 0.212. The highest BCUT2D eigenvalue weighted by atomic mass is 16.5. The van der Waals surface area contributed by atoms with Crippen LogP contribution in [0.4, 0.5) is 5.82 Å². The van der Waals surface area contributed by atoms with Gasteiger partial charge in [0.15, 0.2) is 0 Å². The number of fused-ring (bicyclic) bond motifs is 3. The van der Waals surface area contributed by atoms with Gasteiger partial charge >= 0.3 is 5.97 Å². The summed E-state index contributed by atoms with van der Waals surface area (Å²) in [7, 11) is 1.35. The fourth-order valence-electron chi connectivity index (χ4n) is 3.33. The van der Waals surface area contributed by atoms with Crippen LogP contribution in [-0.4, -0.2) is 30.0 Å². The van der Waals surface area contributed by atoms with Gasteiger partial charge in [-0.2, -0.15) is 0 Å². The SMILES string of the molecule is COC(=O)[C@@H]1Cc2c([nH]c3ccccc23)N1C(=O)c1ccccc1. The van der Waals surface area contributed by atoms with Crippen LogP contribution in [-0.2, 0) is 16.0 Å². The van der Waals surface area contributed by atoms with Crippen LogP contribution in [0, 0.1) is 0 Å². The van der Waals surface area contributed by atoms with Crippen LogP contribution in [0.25, 0.3) is 10.9 Å². The lowest BCUT2D eigenvalue weighted by atomic mass is 10.1. The summed E-state index contributed by atoms with van der Waals surface area (Å²) in [5.41, 5.74) is 2.47. The van der Waals surface area contributed by atoms with Crippen LogP contribution in [0.2, 0.25) is 0 Å². The largest absolute Gasteiger partial charge is 0.467 e. The number of hydrogen-bond donors (Lipinski definition) is 1. The number of methoxy groups -OCH3 is 1. The monoisotopic (exact) mass is 320 g/mol. The average molecular weight is 320 g/mol. The molecule has 0 saturated carbocycles. The summed E-state index contributed by atoms with van der Waals surface area (Å²) in [6, 6.07) is 16.2. The van der Waals surface area contributed by atoms with Gasteiger partial charge in [-0.25, -0.2) is 4.79 Å². The first kappa shape index (κ1) is 14.5. The Hall–Kier alpha value is -3.08. The number of aromatic amines is 1. The Bertz CT molecular complexity index is 930. The Morgan fingerprint density at radius 2 is 1.79 bits per heavy atom. The first-order chi connectivity index (χ1) is 11.7. The molecule has 5 heteroatoms. The number of esters is 1. The maximum atomic E-state index is 13.0. The van der Waals surface area contributed by atoms with E-state index in [1.54, 1.807) is 12.1 Å². The van der Waals surface area contributed by atoms with Crippen molar-refractivity contribution >= 4 is 28.6 Å². The van der Waals surface area contributed by atoms with Crippen LogP contribution in [0.15, 0.2) is 54.6 Å². The lowest BCUT2D eigenvalue weighted by molar-refractivity contribution is -0.141. The molecular weight excluding hydrogens is 304 g/mol. The molecule has 5 nitrogen and oxygen atoms in total. The van der Waals surface area contributed by atoms with Crippen LogP contribution in [0.1, 0.15) is 15.9 Å². The first-order valence-electron chi connectivity index (χ1n) is 7.76. The summed E-state index contributed by atoms with van der Waals surface area (Å²) in [4.78, 5) is 30.1. The van der Waals surface area contributed by atoms with E-state index in [0.29, 0.717) is 17.8 Å². The number of hydrogen-bond acceptors (Lipinski definition) is 3. The number of para-hydroxylation sites is 1. The molecule has 0 aliphatic carbocycles. The van der Waals surface area contributed by atoms with Gasteiger partial charge in [-0.3, -0.25) is 9.69 Å². The van der Waals surface area contributed by atoms with E-state index >= 15 is 0 Å². The van der Waals surface area contributed by atoms with E-state index in [0.717, 1.165) is 16.5 Å². The van der Waals surface area contributed by atoms with E-state index in [9.17, 15) is 9.59 Å². The van der Waals surface area contributed by atoms with E-state index in [1.165, 1.54) is 12.0 Å². The second kappa shape index (κ2) is 5.53. The van der Waals surface area contributed by atoms with Gasteiger partial charge in [-0.1, -0.05) is 36.4 Å². The van der Waals surface area contributed by atoms with Crippen LogP contribution in [0.5, 0.6) is 0 Å². The number of aromatic nitrogens is 1. The van der Waals surface area contributed by atoms with E-state index in [4.69, 9.17) is 4.74 Å². The number of benzene rings is 2. The molecule has 0 saturated heterocycles. The Labute approximate surface area is 138 Å². The normalized spacial score (nSPS) is 16.2. The highest BCUT2D eigenvalue weighted by Gasteiger charge is 2.41. The Balaban J connectivity index is 1.85. The van der Waals surface area contributed by atoms with Crippen molar-refractivity contribution in [2.75, 3.05) is 12.0 Å². The zero-order chi connectivity index (χ0) is 16.7. The van der Waals surface area contributed by atoms with E-state index in [1.807, 2.05) is 42.5 Å². The maximum Gasteiger partial charge on any atom is 0.329 e. The second-order valence-electron chi connectivity index (χ2n) is 5.78. The van der Waals surface area contributed by atoms with Crippen LogP contribution < -0.4 is 4.90 Å². The quantitative estimate of drug-likeness (QED) is 0.739. The number of ether oxygens (including phenoxy) is 1. The van der Waals surface area contributed by atoms with Crippen molar-refractivity contribution in [1.29, 1.82) is 0 Å². The number of carbonyl (C=O) groups excluding carboxylic acids is 2. The van der Waals surface area contributed by atoms with Crippen molar-refractivity contribution < 1.29 is 14.3 Å². The number of nitrogens with one attached hydrogen (secondary N) is 1. The van der Waals surface area contributed by atoms with Gasteiger partial charge in [-0.15, -0.1) is 0 Å². The molecule has 2 heterocycles. The summed E-state index contributed by atoms with van der Waals surface area (Å²) in [6.07, 6.45) is 0.449. The molecule has 0 unspecified atom stereocenters. The minimum atomic E-state index is -0.645. The molecule has 1 N–H and O–H groups in total. The standard InChI is InChI=1S/C19H16N2O3/c1-24-19(23)16-11-14-13-9-5-6-10-15(13)20-17(14)21(16)18(22)12-7-3-2-4-8-12/h2-10,16,20H,11H2,1H3/t16-/m0/s1. The minimum Gasteiger partial charge on any atom is -0.467 e. The Kier molecular flexibility index (Phi) is 3.34. The Morgan fingerprint density at radius 3 is 2.54 bits per heavy atom. The van der Waals surface area contributed by atoms with Crippen molar-refractivity contribution in [3.05, 3.63) is 65.7 Å². The van der Waals surface area contributed by atoms with Gasteiger partial charge in [-0.05, 0) is 18.2 Å². The number of amides is 1. The maximum absolute atomic E-state index is 13.0. The summed E-state index contributed by atoms with van der Waals surface area (Å²) in [6.45, 7) is 0. The third kappa shape index (κ3) is 2.09. The molecule has 120 valence electrons. The molecule has 0 spiro atoms. The van der Waals surface area contributed by atoms with Gasteiger partial charge < -0.3 is 9.72 Å². The van der Waals surface area contributed by atoms with Crippen molar-refractivity contribution in [3.63, 3.8) is 0 Å². The fraction of sp³-hybridized carbons (Fsp3) is 0.158. The van der Waals surface area contributed by atoms with E-state index in [-0.39, 0.29) is 5.91 Å². The van der Waals surface area contributed by atoms with Gasteiger partial charge in [0.25, 0.3) is 5.91 Å². The third-order valence-electron chi connectivity index (χ3n) is 4.45. The topological polar surface area (TPSA) is 62.4 Å². The average Bonchev–Trinajstić information content (AvgIpc) is 3.17. The highest BCUT2D eigenvalue weighted by Crippen LogP contribution is 2.38. The molecule has 1 aliphatic rings. The van der Waals surface area contributed by atoms with Crippen molar-refractivity contribution in [3.8, 4) is 0 Å². The number of anilines is 1. The zero-order valence-corrected chi connectivity index (χ0v) is 13.2. The lowest BCUT2D eigenvalue weighted by Gasteiger charge is -2.23. The van der Waals surface area contributed by atoms with Crippen molar-refractivity contribution in [2.24, 2.45) is 0 Å². The van der Waals surface area contributed by atoms with Crippen molar-refractivity contribution in [2.45, 2.75) is 12.5 Å². The smallest absolute Gasteiger partial charge is 0.329 e. The number of H-pyrrole nitrogens is 1. The molecule has 1 atom stereocenters. The molecule has 0 radical (unpaired) electrons. The van der Waals surface area contributed by atoms with E-state index < -0.39 is 12.0 Å². The van der Waals surface area contributed by atoms with Gasteiger partial charge in [0, 0.05) is 28.5 Å². The van der Waals surface area contributed by atoms with Crippen LogP contribution >= 0.6 is 0 Å². The van der Waals surface area contributed by atoms with Gasteiger partial charge in [0.1, 0.15) is 11.9 Å².